The van der Waals surface area contributed by atoms with Gasteiger partial charge in [-0.15, -0.1) is 0 Å². The van der Waals surface area contributed by atoms with Gasteiger partial charge in [-0.05, 0) is 30.7 Å². The number of carbonyl (C=O) groups excluding carboxylic acids is 1. The number of amides is 1. The van der Waals surface area contributed by atoms with Gasteiger partial charge in [0.25, 0.3) is 5.91 Å². The van der Waals surface area contributed by atoms with E-state index in [2.05, 4.69) is 24.1 Å². The minimum atomic E-state index is -0.0971. The maximum Gasteiger partial charge on any atom is 0.253 e. The molecule has 1 saturated carbocycles. The van der Waals surface area contributed by atoms with Crippen molar-refractivity contribution in [2.24, 2.45) is 5.41 Å². The molecule has 1 aromatic heterocycles. The van der Waals surface area contributed by atoms with Crippen molar-refractivity contribution in [2.45, 2.75) is 39.2 Å². The Labute approximate surface area is 107 Å². The lowest BCUT2D eigenvalue weighted by Crippen LogP contribution is -2.33. The molecule has 1 aliphatic rings. The van der Waals surface area contributed by atoms with Crippen molar-refractivity contribution in [3.05, 3.63) is 29.0 Å². The van der Waals surface area contributed by atoms with Gasteiger partial charge < -0.3 is 5.32 Å². The Balaban J connectivity index is 2.01. The maximum absolute atomic E-state index is 12.0. The van der Waals surface area contributed by atoms with E-state index in [-0.39, 0.29) is 11.9 Å². The summed E-state index contributed by atoms with van der Waals surface area (Å²) in [5, 5.41) is 3.45. The fraction of sp³-hybridized carbons (Fsp3) is 0.538. The molecule has 92 valence electrons. The van der Waals surface area contributed by atoms with Crippen LogP contribution in [0.4, 0.5) is 0 Å². The van der Waals surface area contributed by atoms with E-state index in [0.717, 1.165) is 19.3 Å². The van der Waals surface area contributed by atoms with Crippen LogP contribution in [0.3, 0.4) is 0 Å². The number of aromatic nitrogens is 1. The highest BCUT2D eigenvalue weighted by Gasteiger charge is 2.31. The van der Waals surface area contributed by atoms with E-state index in [1.165, 1.54) is 6.20 Å². The number of hydrogen-bond acceptors (Lipinski definition) is 2. The summed E-state index contributed by atoms with van der Waals surface area (Å²) in [7, 11) is 0. The molecule has 1 N–H and O–H groups in total. The lowest BCUT2D eigenvalue weighted by molar-refractivity contribution is 0.0936. The average Bonchev–Trinajstić information content (AvgIpc) is 2.58. The molecule has 1 aromatic rings. The number of pyridine rings is 1. The zero-order valence-corrected chi connectivity index (χ0v) is 10.9. The quantitative estimate of drug-likeness (QED) is 0.879. The second-order valence-corrected chi connectivity index (χ2v) is 5.84. The van der Waals surface area contributed by atoms with Gasteiger partial charge in [0.15, 0.2) is 0 Å². The van der Waals surface area contributed by atoms with Crippen molar-refractivity contribution in [3.8, 4) is 0 Å². The number of nitrogens with one attached hydrogen (secondary N) is 1. The first kappa shape index (κ1) is 12.4. The summed E-state index contributed by atoms with van der Waals surface area (Å²) in [4.78, 5) is 15.9. The molecule has 0 aromatic carbocycles. The van der Waals surface area contributed by atoms with E-state index < -0.39 is 0 Å². The van der Waals surface area contributed by atoms with Gasteiger partial charge in [-0.2, -0.15) is 0 Å². The van der Waals surface area contributed by atoms with Gasteiger partial charge in [0, 0.05) is 18.4 Å². The summed E-state index contributed by atoms with van der Waals surface area (Å²) in [5.74, 6) is -0.0971. The normalized spacial score (nSPS) is 22.4. The molecule has 1 atom stereocenters. The second kappa shape index (κ2) is 4.65. The summed E-state index contributed by atoms with van der Waals surface area (Å²) < 4.78 is 0. The van der Waals surface area contributed by atoms with Crippen LogP contribution in [0, 0.1) is 5.41 Å². The summed E-state index contributed by atoms with van der Waals surface area (Å²) in [6, 6.07) is 1.92. The Bertz CT molecular complexity index is 431. The van der Waals surface area contributed by atoms with Crippen molar-refractivity contribution < 1.29 is 4.79 Å². The van der Waals surface area contributed by atoms with Crippen LogP contribution in [0.5, 0.6) is 0 Å². The van der Waals surface area contributed by atoms with E-state index in [1.807, 2.05) is 0 Å². The van der Waals surface area contributed by atoms with Crippen molar-refractivity contribution in [1.82, 2.24) is 10.3 Å². The molecule has 1 amide bonds. The average molecular weight is 253 g/mol. The van der Waals surface area contributed by atoms with Gasteiger partial charge in [0.05, 0.1) is 10.6 Å². The SMILES string of the molecule is CC1(C)CCC(NC(=O)c2ccncc2Cl)C1. The smallest absolute Gasteiger partial charge is 0.253 e. The fourth-order valence-electron chi connectivity index (χ4n) is 2.38. The predicted molar refractivity (Wildman–Crippen MR) is 68.1 cm³/mol. The first-order valence-corrected chi connectivity index (χ1v) is 6.26. The van der Waals surface area contributed by atoms with Crippen LogP contribution < -0.4 is 5.32 Å². The Hall–Kier alpha value is -1.09. The van der Waals surface area contributed by atoms with Crippen molar-refractivity contribution >= 4 is 17.5 Å². The van der Waals surface area contributed by atoms with Gasteiger partial charge in [0.2, 0.25) is 0 Å². The number of halogens is 1. The minimum absolute atomic E-state index is 0.0971. The standard InChI is InChI=1S/C13H17ClN2O/c1-13(2)5-3-9(7-13)16-12(17)10-4-6-15-8-11(10)14/h4,6,8-9H,3,5,7H2,1-2H3,(H,16,17). The third-order valence-corrected chi connectivity index (χ3v) is 3.62. The highest BCUT2D eigenvalue weighted by Crippen LogP contribution is 2.37. The Kier molecular flexibility index (Phi) is 3.38. The van der Waals surface area contributed by atoms with E-state index in [9.17, 15) is 4.79 Å². The summed E-state index contributed by atoms with van der Waals surface area (Å²) in [5.41, 5.74) is 0.839. The first-order valence-electron chi connectivity index (χ1n) is 5.88. The lowest BCUT2D eigenvalue weighted by Gasteiger charge is -2.18. The Morgan fingerprint density at radius 2 is 2.35 bits per heavy atom. The molecule has 0 saturated heterocycles. The fourth-order valence-corrected chi connectivity index (χ4v) is 2.59. The monoisotopic (exact) mass is 252 g/mol. The highest BCUT2D eigenvalue weighted by atomic mass is 35.5. The molecule has 0 bridgehead atoms. The summed E-state index contributed by atoms with van der Waals surface area (Å²) in [6.45, 7) is 4.47. The number of nitrogens with zero attached hydrogens (tertiary/aromatic N) is 1. The Morgan fingerprint density at radius 1 is 1.59 bits per heavy atom. The van der Waals surface area contributed by atoms with Crippen LogP contribution in [0.25, 0.3) is 0 Å². The highest BCUT2D eigenvalue weighted by molar-refractivity contribution is 6.33. The molecule has 4 heteroatoms. The predicted octanol–water partition coefficient (Wildman–Crippen LogP) is 3.04. The minimum Gasteiger partial charge on any atom is -0.349 e. The lowest BCUT2D eigenvalue weighted by atomic mass is 9.92. The molecule has 1 aliphatic carbocycles. The molecule has 3 nitrogen and oxygen atoms in total. The van der Waals surface area contributed by atoms with Crippen LogP contribution in [0.15, 0.2) is 18.5 Å². The maximum atomic E-state index is 12.0. The third-order valence-electron chi connectivity index (χ3n) is 3.32. The van der Waals surface area contributed by atoms with Crippen molar-refractivity contribution in [3.63, 3.8) is 0 Å². The largest absolute Gasteiger partial charge is 0.349 e. The molecule has 0 radical (unpaired) electrons. The van der Waals surface area contributed by atoms with Crippen LogP contribution >= 0.6 is 11.6 Å². The van der Waals surface area contributed by atoms with E-state index in [4.69, 9.17) is 11.6 Å². The molecular formula is C13H17ClN2O. The molecule has 1 fully saturated rings. The van der Waals surface area contributed by atoms with E-state index in [0.29, 0.717) is 16.0 Å². The van der Waals surface area contributed by atoms with Crippen molar-refractivity contribution in [1.29, 1.82) is 0 Å². The first-order chi connectivity index (χ1) is 7.98. The van der Waals surface area contributed by atoms with E-state index in [1.54, 1.807) is 12.3 Å². The van der Waals surface area contributed by atoms with Crippen LogP contribution in [-0.2, 0) is 0 Å². The zero-order valence-electron chi connectivity index (χ0n) is 10.2. The molecule has 1 unspecified atom stereocenters. The van der Waals surface area contributed by atoms with Gasteiger partial charge in [-0.25, -0.2) is 0 Å². The zero-order chi connectivity index (χ0) is 12.5. The number of hydrogen-bond donors (Lipinski definition) is 1. The van der Waals surface area contributed by atoms with Gasteiger partial charge in [0.1, 0.15) is 0 Å². The topological polar surface area (TPSA) is 42.0 Å². The van der Waals surface area contributed by atoms with Crippen LogP contribution in [0.1, 0.15) is 43.5 Å². The van der Waals surface area contributed by atoms with Gasteiger partial charge in [-0.1, -0.05) is 25.4 Å². The van der Waals surface area contributed by atoms with Gasteiger partial charge >= 0.3 is 0 Å². The number of carbonyl (C=O) groups is 1. The molecular weight excluding hydrogens is 236 g/mol. The van der Waals surface area contributed by atoms with Crippen LogP contribution in [-0.4, -0.2) is 16.9 Å². The Morgan fingerprint density at radius 3 is 2.94 bits per heavy atom. The van der Waals surface area contributed by atoms with Gasteiger partial charge in [-0.3, -0.25) is 9.78 Å². The number of rotatable bonds is 2. The van der Waals surface area contributed by atoms with Crippen LogP contribution in [0.2, 0.25) is 5.02 Å². The van der Waals surface area contributed by atoms with E-state index >= 15 is 0 Å². The molecule has 1 heterocycles. The second-order valence-electron chi connectivity index (χ2n) is 5.43. The molecule has 0 spiro atoms. The van der Waals surface area contributed by atoms with Crippen molar-refractivity contribution in [2.75, 3.05) is 0 Å². The molecule has 2 rings (SSSR count). The molecule has 17 heavy (non-hydrogen) atoms. The summed E-state index contributed by atoms with van der Waals surface area (Å²) >= 11 is 5.94. The molecule has 0 aliphatic heterocycles. The summed E-state index contributed by atoms with van der Waals surface area (Å²) in [6.07, 6.45) is 6.30. The third kappa shape index (κ3) is 2.97.